The lowest BCUT2D eigenvalue weighted by molar-refractivity contribution is -0.138. The highest BCUT2D eigenvalue weighted by Gasteiger charge is 2.40. The topological polar surface area (TPSA) is 49.8 Å². The van der Waals surface area contributed by atoms with Gasteiger partial charge in [0.1, 0.15) is 0 Å². The summed E-state index contributed by atoms with van der Waals surface area (Å²) in [7, 11) is -0.146. The summed E-state index contributed by atoms with van der Waals surface area (Å²) in [5.41, 5.74) is 0.820. The van der Waals surface area contributed by atoms with Crippen molar-refractivity contribution in [2.75, 3.05) is 7.05 Å². The molecule has 1 N–H and O–H groups in total. The molecule has 4 nitrogen and oxygen atoms in total. The van der Waals surface area contributed by atoms with E-state index in [1.807, 2.05) is 50.3 Å². The predicted octanol–water partition coefficient (Wildman–Crippen LogP) is 5.81. The van der Waals surface area contributed by atoms with Gasteiger partial charge in [0, 0.05) is 13.0 Å². The molecule has 0 aliphatic heterocycles. The number of benzene rings is 1. The first-order valence-electron chi connectivity index (χ1n) is 11.0. The number of amides is 1. The Labute approximate surface area is 185 Å². The van der Waals surface area contributed by atoms with Gasteiger partial charge in [-0.3, -0.25) is 4.79 Å². The molecule has 0 saturated heterocycles. The molecule has 0 unspecified atom stereocenters. The molecule has 0 bridgehead atoms. The van der Waals surface area contributed by atoms with E-state index in [9.17, 15) is 9.90 Å². The van der Waals surface area contributed by atoms with Crippen LogP contribution in [0.3, 0.4) is 0 Å². The van der Waals surface area contributed by atoms with Crippen molar-refractivity contribution in [1.29, 1.82) is 0 Å². The normalized spacial score (nSPS) is 17.5. The molecule has 1 amide bonds. The van der Waals surface area contributed by atoms with Crippen molar-refractivity contribution in [3.8, 4) is 0 Å². The molecule has 30 heavy (non-hydrogen) atoms. The summed E-state index contributed by atoms with van der Waals surface area (Å²) >= 11 is 0. The number of nitrogens with zero attached hydrogens (tertiary/aromatic N) is 1. The highest BCUT2D eigenvalue weighted by Crippen LogP contribution is 2.38. The molecule has 1 aromatic rings. The van der Waals surface area contributed by atoms with E-state index in [0.29, 0.717) is 6.42 Å². The van der Waals surface area contributed by atoms with Crippen molar-refractivity contribution >= 4 is 14.2 Å². The summed E-state index contributed by atoms with van der Waals surface area (Å²) in [6.07, 6.45) is 1.81. The largest absolute Gasteiger partial charge is 0.410 e. The van der Waals surface area contributed by atoms with Crippen molar-refractivity contribution in [2.24, 2.45) is 11.8 Å². The van der Waals surface area contributed by atoms with Crippen molar-refractivity contribution in [2.45, 2.75) is 84.3 Å². The van der Waals surface area contributed by atoms with Crippen LogP contribution in [0.5, 0.6) is 0 Å². The van der Waals surface area contributed by atoms with Crippen LogP contribution in [0, 0.1) is 11.8 Å². The number of carbonyl (C=O) groups is 1. The number of hydrogen-bond donors (Lipinski definition) is 1. The van der Waals surface area contributed by atoms with Gasteiger partial charge in [0.15, 0.2) is 8.32 Å². The van der Waals surface area contributed by atoms with Gasteiger partial charge >= 0.3 is 0 Å². The molecular weight excluding hydrogens is 390 g/mol. The molecule has 0 fully saturated rings. The summed E-state index contributed by atoms with van der Waals surface area (Å²) in [5.74, 6) is 0.0543. The molecule has 0 aliphatic rings. The van der Waals surface area contributed by atoms with E-state index in [-0.39, 0.29) is 34.9 Å². The Bertz CT molecular complexity index is 683. The Morgan fingerprint density at radius 1 is 1.20 bits per heavy atom. The number of carbonyl (C=O) groups excluding carboxylic acids is 1. The smallest absolute Gasteiger partial charge is 0.225 e. The second kappa shape index (κ2) is 10.7. The minimum Gasteiger partial charge on any atom is -0.410 e. The summed E-state index contributed by atoms with van der Waals surface area (Å²) in [6, 6.07) is 9.18. The van der Waals surface area contributed by atoms with Crippen LogP contribution in [-0.4, -0.2) is 43.4 Å². The van der Waals surface area contributed by atoms with E-state index in [2.05, 4.69) is 47.4 Å². The molecule has 0 radical (unpaired) electrons. The molecule has 0 heterocycles. The van der Waals surface area contributed by atoms with Gasteiger partial charge in [-0.2, -0.15) is 0 Å². The maximum atomic E-state index is 13.1. The number of aliphatic hydroxyl groups excluding tert-OH is 1. The Balaban J connectivity index is 2.78. The van der Waals surface area contributed by atoms with Gasteiger partial charge in [-0.25, -0.2) is 0 Å². The van der Waals surface area contributed by atoms with Gasteiger partial charge in [0.05, 0.1) is 18.2 Å². The van der Waals surface area contributed by atoms with Crippen molar-refractivity contribution in [1.82, 2.24) is 4.90 Å². The third-order valence-electron chi connectivity index (χ3n) is 6.73. The lowest BCUT2D eigenvalue weighted by Crippen LogP contribution is -2.46. The standard InChI is InChI=1S/C25H43NO3Si/c1-11-22(29-30(9,10)25(5,6)7)18(2)17-19(3)24(28)26(8)20(4)23(27)21-15-13-12-14-16-21/h11-16,18-20,22-23,27H,1,17H2,2-10H3/t18-,19+,20-,22-,23+/m1/s1. The van der Waals surface area contributed by atoms with E-state index < -0.39 is 14.4 Å². The molecule has 1 rings (SSSR count). The average molecular weight is 434 g/mol. The first kappa shape index (κ1) is 26.6. The highest BCUT2D eigenvalue weighted by atomic mass is 28.4. The van der Waals surface area contributed by atoms with Gasteiger partial charge < -0.3 is 14.4 Å². The second-order valence-electron chi connectivity index (χ2n) is 10.2. The molecule has 170 valence electrons. The number of likely N-dealkylation sites (N-methyl/N-ethyl adjacent to an activating group) is 1. The number of aliphatic hydroxyl groups is 1. The fourth-order valence-electron chi connectivity index (χ4n) is 3.40. The van der Waals surface area contributed by atoms with E-state index in [4.69, 9.17) is 4.43 Å². The highest BCUT2D eigenvalue weighted by molar-refractivity contribution is 6.74. The van der Waals surface area contributed by atoms with Crippen molar-refractivity contribution in [3.63, 3.8) is 0 Å². The van der Waals surface area contributed by atoms with Gasteiger partial charge in [-0.05, 0) is 43.0 Å². The molecule has 0 aliphatic carbocycles. The Hall–Kier alpha value is -1.43. The van der Waals surface area contributed by atoms with E-state index in [0.717, 1.165) is 5.56 Å². The maximum Gasteiger partial charge on any atom is 0.225 e. The predicted molar refractivity (Wildman–Crippen MR) is 129 cm³/mol. The minimum absolute atomic E-state index is 0.0412. The summed E-state index contributed by atoms with van der Waals surface area (Å²) in [4.78, 5) is 14.7. The number of rotatable bonds is 10. The third kappa shape index (κ3) is 6.79. The first-order chi connectivity index (χ1) is 13.7. The van der Waals surface area contributed by atoms with Gasteiger partial charge in [-0.1, -0.05) is 71.0 Å². The van der Waals surface area contributed by atoms with Crippen LogP contribution < -0.4 is 0 Å². The van der Waals surface area contributed by atoms with Crippen LogP contribution in [-0.2, 0) is 9.22 Å². The quantitative estimate of drug-likeness (QED) is 0.374. The summed E-state index contributed by atoms with van der Waals surface area (Å²) in [6.45, 7) is 21.1. The third-order valence-corrected chi connectivity index (χ3v) is 11.2. The van der Waals surface area contributed by atoms with E-state index in [1.165, 1.54) is 0 Å². The molecule has 1 aromatic carbocycles. The van der Waals surface area contributed by atoms with Gasteiger partial charge in [0.2, 0.25) is 5.91 Å². The number of hydrogen-bond acceptors (Lipinski definition) is 3. The SMILES string of the molecule is C=C[C@@H](O[Si](C)(C)C(C)(C)C)[C@H](C)C[C@H](C)C(=O)N(C)[C@H](C)[C@H](O)c1ccccc1. The average Bonchev–Trinajstić information content (AvgIpc) is 2.69. The zero-order valence-corrected chi connectivity index (χ0v) is 21.5. The Morgan fingerprint density at radius 3 is 2.20 bits per heavy atom. The van der Waals surface area contributed by atoms with Gasteiger partial charge in [0.25, 0.3) is 0 Å². The molecule has 5 atom stereocenters. The van der Waals surface area contributed by atoms with Crippen LogP contribution in [0.1, 0.15) is 59.6 Å². The van der Waals surface area contributed by atoms with Crippen molar-refractivity contribution in [3.05, 3.63) is 48.6 Å². The molecule has 0 aromatic heterocycles. The Morgan fingerprint density at radius 2 is 1.73 bits per heavy atom. The monoisotopic (exact) mass is 433 g/mol. The van der Waals surface area contributed by atoms with E-state index >= 15 is 0 Å². The lowest BCUT2D eigenvalue weighted by Gasteiger charge is -2.40. The van der Waals surface area contributed by atoms with Crippen LogP contribution in [0.4, 0.5) is 0 Å². The molecular formula is C25H43NO3Si. The van der Waals surface area contributed by atoms with Crippen molar-refractivity contribution < 1.29 is 14.3 Å². The zero-order valence-electron chi connectivity index (χ0n) is 20.5. The zero-order chi connectivity index (χ0) is 23.3. The summed E-state index contributed by atoms with van der Waals surface area (Å²) < 4.78 is 6.55. The van der Waals surface area contributed by atoms with Crippen LogP contribution in [0.25, 0.3) is 0 Å². The van der Waals surface area contributed by atoms with Crippen LogP contribution >= 0.6 is 0 Å². The second-order valence-corrected chi connectivity index (χ2v) is 15.0. The molecule has 0 saturated carbocycles. The molecule has 0 spiro atoms. The molecule has 5 heteroatoms. The fourth-order valence-corrected chi connectivity index (χ4v) is 4.76. The maximum absolute atomic E-state index is 13.1. The fraction of sp³-hybridized carbons (Fsp3) is 0.640. The first-order valence-corrected chi connectivity index (χ1v) is 13.9. The lowest BCUT2D eigenvalue weighted by atomic mass is 9.91. The Kier molecular flexibility index (Phi) is 9.52. The van der Waals surface area contributed by atoms with Crippen LogP contribution in [0.15, 0.2) is 43.0 Å². The van der Waals surface area contributed by atoms with Crippen LogP contribution in [0.2, 0.25) is 18.1 Å². The minimum atomic E-state index is -1.92. The van der Waals surface area contributed by atoms with E-state index in [1.54, 1.807) is 11.9 Å². The van der Waals surface area contributed by atoms with Gasteiger partial charge in [-0.15, -0.1) is 6.58 Å². The summed E-state index contributed by atoms with van der Waals surface area (Å²) in [5, 5.41) is 10.8.